The molecule has 0 aliphatic heterocycles. The number of aldehydes is 1. The number of hydrogen-bond acceptors (Lipinski definition) is 7. The average Bonchev–Trinajstić information content (AvgIpc) is 3.01. The van der Waals surface area contributed by atoms with Gasteiger partial charge in [-0.3, -0.25) is 14.4 Å². The number of aliphatic hydroxyl groups excluding tert-OH is 2. The van der Waals surface area contributed by atoms with Gasteiger partial charge in [-0.25, -0.2) is 4.39 Å². The Balaban J connectivity index is 1.99. The number of nitrogens with zero attached hydrogens (tertiary/aromatic N) is 1. The molecule has 3 N–H and O–H groups in total. The number of hydrogen-bond donors (Lipinski definition) is 3. The molecule has 0 aromatic heterocycles. The van der Waals surface area contributed by atoms with Crippen LogP contribution in [0.3, 0.4) is 0 Å². The third-order valence-electron chi connectivity index (χ3n) is 7.34. The quantitative estimate of drug-likeness (QED) is 0.133. The second kappa shape index (κ2) is 17.3. The molecule has 0 saturated carbocycles. The molecule has 11 heteroatoms. The molecule has 1 aliphatic rings. The van der Waals surface area contributed by atoms with Crippen molar-refractivity contribution in [1.29, 1.82) is 0 Å². The van der Waals surface area contributed by atoms with E-state index in [2.05, 4.69) is 12.2 Å². The highest BCUT2D eigenvalue weighted by Gasteiger charge is 2.41. The Morgan fingerprint density at radius 1 is 1.16 bits per heavy atom. The van der Waals surface area contributed by atoms with Crippen LogP contribution in [0.4, 0.5) is 4.39 Å². The fraction of sp³-hybridized carbons (Fsp3) is 0.469. The van der Waals surface area contributed by atoms with Gasteiger partial charge in [0, 0.05) is 37.1 Å². The highest BCUT2D eigenvalue weighted by molar-refractivity contribution is 14.1. The third-order valence-corrected chi connectivity index (χ3v) is 8.14. The van der Waals surface area contributed by atoms with E-state index in [1.165, 1.54) is 31.4 Å². The van der Waals surface area contributed by atoms with E-state index in [1.54, 1.807) is 23.1 Å². The van der Waals surface area contributed by atoms with E-state index in [0.29, 0.717) is 27.4 Å². The standard InChI is InChI=1S/C32H40FIN2O7/c1-3-4-5-6-7-8-29(39)36(19-21-9-11-24(33)12-10-21)26-17-23(32(41)35-13-14-37)18-27(30(26)40)43-31-25(34)15-22(20-38)16-28(31)42-2/h9-12,15-16,18,20,26-27,30,37,40H,3-8,13-14,17,19H2,1-2H3,(H,35,41). The van der Waals surface area contributed by atoms with Crippen molar-refractivity contribution in [2.24, 2.45) is 0 Å². The van der Waals surface area contributed by atoms with Crippen molar-refractivity contribution < 1.29 is 38.5 Å². The zero-order valence-electron chi connectivity index (χ0n) is 24.6. The van der Waals surface area contributed by atoms with Crippen molar-refractivity contribution >= 4 is 40.7 Å². The molecule has 43 heavy (non-hydrogen) atoms. The summed E-state index contributed by atoms with van der Waals surface area (Å²) in [5.41, 5.74) is 1.34. The van der Waals surface area contributed by atoms with Crippen LogP contribution in [0.1, 0.15) is 67.8 Å². The van der Waals surface area contributed by atoms with Crippen LogP contribution in [0.15, 0.2) is 48.0 Å². The Kier molecular flexibility index (Phi) is 13.9. The number of carbonyl (C=O) groups excluding carboxylic acids is 3. The van der Waals surface area contributed by atoms with Gasteiger partial charge in [0.2, 0.25) is 11.8 Å². The minimum Gasteiger partial charge on any atom is -0.493 e. The predicted molar refractivity (Wildman–Crippen MR) is 168 cm³/mol. The fourth-order valence-electron chi connectivity index (χ4n) is 5.04. The van der Waals surface area contributed by atoms with E-state index >= 15 is 0 Å². The lowest BCUT2D eigenvalue weighted by atomic mass is 9.87. The molecule has 0 bridgehead atoms. The predicted octanol–water partition coefficient (Wildman–Crippen LogP) is 4.56. The zero-order valence-corrected chi connectivity index (χ0v) is 26.7. The number of nitrogens with one attached hydrogen (secondary N) is 1. The summed E-state index contributed by atoms with van der Waals surface area (Å²) in [6.07, 6.45) is 4.95. The van der Waals surface area contributed by atoms with Gasteiger partial charge in [-0.05, 0) is 64.9 Å². The van der Waals surface area contributed by atoms with Gasteiger partial charge in [0.05, 0.1) is 23.3 Å². The topological polar surface area (TPSA) is 125 Å². The summed E-state index contributed by atoms with van der Waals surface area (Å²) < 4.78 is 25.9. The second-order valence-electron chi connectivity index (χ2n) is 10.5. The zero-order chi connectivity index (χ0) is 31.4. The number of rotatable bonds is 16. The van der Waals surface area contributed by atoms with Crippen LogP contribution in [0.25, 0.3) is 0 Å². The highest BCUT2D eigenvalue weighted by atomic mass is 127. The number of amides is 2. The van der Waals surface area contributed by atoms with E-state index in [0.717, 1.165) is 25.7 Å². The van der Waals surface area contributed by atoms with Gasteiger partial charge in [-0.15, -0.1) is 0 Å². The Bertz CT molecular complexity index is 1270. The monoisotopic (exact) mass is 710 g/mol. The first-order valence-electron chi connectivity index (χ1n) is 14.5. The Morgan fingerprint density at radius 3 is 2.53 bits per heavy atom. The lowest BCUT2D eigenvalue weighted by Crippen LogP contribution is -2.54. The minimum absolute atomic E-state index is 0.0315. The van der Waals surface area contributed by atoms with E-state index in [1.807, 2.05) is 22.6 Å². The maximum absolute atomic E-state index is 13.7. The van der Waals surface area contributed by atoms with Crippen molar-refractivity contribution in [3.63, 3.8) is 0 Å². The van der Waals surface area contributed by atoms with Gasteiger partial charge in [0.15, 0.2) is 11.5 Å². The molecule has 9 nitrogen and oxygen atoms in total. The maximum atomic E-state index is 13.7. The molecule has 0 saturated heterocycles. The van der Waals surface area contributed by atoms with Gasteiger partial charge >= 0.3 is 0 Å². The van der Waals surface area contributed by atoms with Gasteiger partial charge < -0.3 is 29.9 Å². The van der Waals surface area contributed by atoms with Crippen LogP contribution in [-0.2, 0) is 16.1 Å². The lowest BCUT2D eigenvalue weighted by Gasteiger charge is -2.41. The number of unbranched alkanes of at least 4 members (excludes halogenated alkanes) is 4. The molecule has 0 fully saturated rings. The molecule has 2 aromatic rings. The molecule has 3 atom stereocenters. The Hall–Kier alpha value is -3.03. The SMILES string of the molecule is CCCCCCCC(=O)N(Cc1ccc(F)cc1)C1CC(C(=O)NCCO)=CC(Oc2c(I)cc(C=O)cc2OC)C1O. The Labute approximate surface area is 265 Å². The van der Waals surface area contributed by atoms with Crippen LogP contribution in [-0.4, -0.2) is 71.7 Å². The summed E-state index contributed by atoms with van der Waals surface area (Å²) in [6.45, 7) is 2.00. The molecule has 234 valence electrons. The number of ether oxygens (including phenoxy) is 2. The van der Waals surface area contributed by atoms with Crippen LogP contribution in [0.5, 0.6) is 11.5 Å². The first kappa shape index (κ1) is 34.5. The molecule has 2 aromatic carbocycles. The summed E-state index contributed by atoms with van der Waals surface area (Å²) in [4.78, 5) is 39.8. The van der Waals surface area contributed by atoms with Crippen LogP contribution >= 0.6 is 22.6 Å². The van der Waals surface area contributed by atoms with Gasteiger partial charge in [0.1, 0.15) is 24.3 Å². The van der Waals surface area contributed by atoms with Crippen LogP contribution < -0.4 is 14.8 Å². The Morgan fingerprint density at radius 2 is 1.88 bits per heavy atom. The molecule has 3 rings (SSSR count). The summed E-state index contributed by atoms with van der Waals surface area (Å²) in [7, 11) is 1.43. The molecule has 3 unspecified atom stereocenters. The summed E-state index contributed by atoms with van der Waals surface area (Å²) in [6, 6.07) is 8.08. The van der Waals surface area contributed by atoms with E-state index in [9.17, 15) is 29.0 Å². The van der Waals surface area contributed by atoms with Gasteiger partial charge in [-0.1, -0.05) is 44.7 Å². The summed E-state index contributed by atoms with van der Waals surface area (Å²) in [5.74, 6) is -0.500. The second-order valence-corrected chi connectivity index (χ2v) is 11.6. The highest BCUT2D eigenvalue weighted by Crippen LogP contribution is 2.37. The van der Waals surface area contributed by atoms with Gasteiger partial charge in [-0.2, -0.15) is 0 Å². The first-order chi connectivity index (χ1) is 20.7. The number of methoxy groups -OCH3 is 1. The smallest absolute Gasteiger partial charge is 0.247 e. The van der Waals surface area contributed by atoms with E-state index < -0.39 is 30.0 Å². The van der Waals surface area contributed by atoms with E-state index in [4.69, 9.17) is 9.47 Å². The number of aliphatic hydroxyl groups is 2. The normalized spacial score (nSPS) is 18.0. The van der Waals surface area contributed by atoms with Gasteiger partial charge in [0.25, 0.3) is 0 Å². The van der Waals surface area contributed by atoms with Crippen molar-refractivity contribution in [1.82, 2.24) is 10.2 Å². The molecular formula is C32H40FIN2O7. The largest absolute Gasteiger partial charge is 0.493 e. The molecule has 0 spiro atoms. The lowest BCUT2D eigenvalue weighted by molar-refractivity contribution is -0.139. The first-order valence-corrected chi connectivity index (χ1v) is 15.6. The van der Waals surface area contributed by atoms with Crippen molar-refractivity contribution in [2.75, 3.05) is 20.3 Å². The molecule has 0 radical (unpaired) electrons. The van der Waals surface area contributed by atoms with Crippen molar-refractivity contribution in [3.8, 4) is 11.5 Å². The maximum Gasteiger partial charge on any atom is 0.247 e. The van der Waals surface area contributed by atoms with Crippen molar-refractivity contribution in [2.45, 2.75) is 76.7 Å². The van der Waals surface area contributed by atoms with E-state index in [-0.39, 0.29) is 55.5 Å². The van der Waals surface area contributed by atoms with Crippen LogP contribution in [0.2, 0.25) is 0 Å². The number of carbonyl (C=O) groups is 3. The minimum atomic E-state index is -1.25. The number of benzene rings is 2. The average molecular weight is 711 g/mol. The van der Waals surface area contributed by atoms with Crippen molar-refractivity contribution in [3.05, 3.63) is 68.6 Å². The summed E-state index contributed by atoms with van der Waals surface area (Å²) >= 11 is 2.00. The molecule has 1 aliphatic carbocycles. The van der Waals surface area contributed by atoms with Crippen LogP contribution in [0, 0.1) is 9.39 Å². The fourth-order valence-corrected chi connectivity index (χ4v) is 5.79. The third kappa shape index (κ3) is 9.73. The number of halogens is 2. The molecular weight excluding hydrogens is 670 g/mol. The summed E-state index contributed by atoms with van der Waals surface area (Å²) in [5, 5.41) is 23.6. The molecule has 2 amide bonds. The molecule has 0 heterocycles.